The van der Waals surface area contributed by atoms with Crippen molar-refractivity contribution >= 4 is 23.2 Å². The molecule has 1 saturated heterocycles. The van der Waals surface area contributed by atoms with Gasteiger partial charge in [0, 0.05) is 24.4 Å². The van der Waals surface area contributed by atoms with Crippen LogP contribution < -0.4 is 5.32 Å². The molecule has 1 fully saturated rings. The molecule has 0 bridgehead atoms. The minimum absolute atomic E-state index is 0.0620. The van der Waals surface area contributed by atoms with Gasteiger partial charge in [-0.15, -0.1) is 11.3 Å². The quantitative estimate of drug-likeness (QED) is 0.699. The molecule has 2 heterocycles. The number of carbonyl (C=O) groups excluding carboxylic acids is 1. The van der Waals surface area contributed by atoms with Crippen LogP contribution in [0.15, 0.2) is 54.7 Å². The van der Waals surface area contributed by atoms with E-state index in [1.54, 1.807) is 19.3 Å². The van der Waals surface area contributed by atoms with E-state index in [0.29, 0.717) is 16.1 Å². The number of amides is 1. The molecule has 2 N–H and O–H groups in total. The Labute approximate surface area is 166 Å². The van der Waals surface area contributed by atoms with Crippen molar-refractivity contribution in [2.24, 2.45) is 0 Å². The number of nitrogens with one attached hydrogen (secondary N) is 2. The summed E-state index contributed by atoms with van der Waals surface area (Å²) < 4.78 is 14.7. The van der Waals surface area contributed by atoms with E-state index < -0.39 is 5.54 Å². The third-order valence-corrected chi connectivity index (χ3v) is 6.27. The van der Waals surface area contributed by atoms with Gasteiger partial charge in [0.1, 0.15) is 10.8 Å². The molecule has 28 heavy (non-hydrogen) atoms. The number of nitrogens with zero attached hydrogens (tertiary/aromatic N) is 2. The lowest BCUT2D eigenvalue weighted by Crippen LogP contribution is -2.57. The zero-order chi connectivity index (χ0) is 19.9. The maximum atomic E-state index is 14.7. The Morgan fingerprint density at radius 3 is 2.64 bits per heavy atom. The van der Waals surface area contributed by atoms with E-state index >= 15 is 0 Å². The zero-order valence-corrected chi connectivity index (χ0v) is 16.3. The standard InChI is InChI=1S/C21H19FN4OS/c1-21(11-18(27)26(2)20(23)25-21)17-12-24-19(28-17)14-8-9-15(16(22)10-14)13-6-4-3-5-7-13/h3-10,12H,11H2,1-2H3,(H2,23,25)/t21-/m0/s1. The van der Waals surface area contributed by atoms with Crippen LogP contribution in [0.3, 0.4) is 0 Å². The highest BCUT2D eigenvalue weighted by Crippen LogP contribution is 2.36. The lowest BCUT2D eigenvalue weighted by molar-refractivity contribution is -0.129. The smallest absolute Gasteiger partial charge is 0.231 e. The number of hydrogen-bond donors (Lipinski definition) is 2. The maximum Gasteiger partial charge on any atom is 0.231 e. The van der Waals surface area contributed by atoms with Crippen molar-refractivity contribution in [3.63, 3.8) is 0 Å². The molecule has 0 spiro atoms. The normalized spacial score (nSPS) is 19.6. The number of rotatable bonds is 3. The number of hydrogen-bond acceptors (Lipinski definition) is 4. The van der Waals surface area contributed by atoms with Gasteiger partial charge in [0.05, 0.1) is 16.8 Å². The second-order valence-electron chi connectivity index (χ2n) is 7.03. The second kappa shape index (κ2) is 6.83. The first-order chi connectivity index (χ1) is 13.4. The molecule has 0 unspecified atom stereocenters. The van der Waals surface area contributed by atoms with E-state index in [0.717, 1.165) is 10.4 Å². The molecule has 142 valence electrons. The number of carbonyl (C=O) groups is 1. The fraction of sp³-hybridized carbons (Fsp3) is 0.190. The van der Waals surface area contributed by atoms with E-state index in [-0.39, 0.29) is 24.1 Å². The van der Waals surface area contributed by atoms with Crippen LogP contribution in [0.1, 0.15) is 18.2 Å². The van der Waals surface area contributed by atoms with Gasteiger partial charge >= 0.3 is 0 Å². The third-order valence-electron chi connectivity index (χ3n) is 4.96. The van der Waals surface area contributed by atoms with Crippen LogP contribution in [0.4, 0.5) is 4.39 Å². The van der Waals surface area contributed by atoms with E-state index in [1.807, 2.05) is 43.3 Å². The highest BCUT2D eigenvalue weighted by molar-refractivity contribution is 7.15. The van der Waals surface area contributed by atoms with Crippen LogP contribution in [0.25, 0.3) is 21.7 Å². The lowest BCUT2D eigenvalue weighted by atomic mass is 9.94. The summed E-state index contributed by atoms with van der Waals surface area (Å²) in [4.78, 5) is 18.7. The summed E-state index contributed by atoms with van der Waals surface area (Å²) in [6.07, 6.45) is 1.93. The predicted octanol–water partition coefficient (Wildman–Crippen LogP) is 4.22. The molecular formula is C21H19FN4OS. The van der Waals surface area contributed by atoms with Crippen molar-refractivity contribution in [3.05, 3.63) is 65.4 Å². The van der Waals surface area contributed by atoms with Gasteiger partial charge in [-0.05, 0) is 18.6 Å². The van der Waals surface area contributed by atoms with Gasteiger partial charge in [0.25, 0.3) is 0 Å². The molecule has 1 atom stereocenters. The van der Waals surface area contributed by atoms with Crippen molar-refractivity contribution in [1.29, 1.82) is 5.41 Å². The third kappa shape index (κ3) is 3.18. The lowest BCUT2D eigenvalue weighted by Gasteiger charge is -2.38. The molecule has 0 aliphatic carbocycles. The van der Waals surface area contributed by atoms with Gasteiger partial charge in [-0.25, -0.2) is 9.37 Å². The van der Waals surface area contributed by atoms with E-state index in [4.69, 9.17) is 5.41 Å². The average molecular weight is 394 g/mol. The van der Waals surface area contributed by atoms with Crippen molar-refractivity contribution in [2.45, 2.75) is 18.9 Å². The summed E-state index contributed by atoms with van der Waals surface area (Å²) >= 11 is 1.40. The predicted molar refractivity (Wildman–Crippen MR) is 109 cm³/mol. The first-order valence-corrected chi connectivity index (χ1v) is 9.64. The van der Waals surface area contributed by atoms with Gasteiger partial charge in [0.15, 0.2) is 5.96 Å². The molecule has 0 radical (unpaired) electrons. The number of aromatic nitrogens is 1. The molecule has 1 aromatic heterocycles. The van der Waals surface area contributed by atoms with Gasteiger partial charge < -0.3 is 5.32 Å². The van der Waals surface area contributed by atoms with E-state index in [2.05, 4.69) is 10.3 Å². The molecule has 1 aliphatic heterocycles. The van der Waals surface area contributed by atoms with E-state index in [9.17, 15) is 9.18 Å². The molecule has 0 saturated carbocycles. The van der Waals surface area contributed by atoms with Crippen LogP contribution in [-0.2, 0) is 10.3 Å². The summed E-state index contributed by atoms with van der Waals surface area (Å²) in [5, 5.41) is 11.7. The number of thiazole rings is 1. The Bertz CT molecular complexity index is 1050. The maximum absolute atomic E-state index is 14.7. The van der Waals surface area contributed by atoms with Crippen molar-refractivity contribution in [1.82, 2.24) is 15.2 Å². The molecule has 5 nitrogen and oxygen atoms in total. The fourth-order valence-corrected chi connectivity index (χ4v) is 4.26. The highest BCUT2D eigenvalue weighted by atomic mass is 32.1. The Kier molecular flexibility index (Phi) is 4.47. The van der Waals surface area contributed by atoms with Crippen LogP contribution in [-0.4, -0.2) is 28.8 Å². The molecule has 1 amide bonds. The zero-order valence-electron chi connectivity index (χ0n) is 15.5. The summed E-state index contributed by atoms with van der Waals surface area (Å²) in [5.41, 5.74) is 1.36. The Morgan fingerprint density at radius 2 is 1.96 bits per heavy atom. The Morgan fingerprint density at radius 1 is 1.21 bits per heavy atom. The molecule has 2 aromatic carbocycles. The minimum atomic E-state index is -0.695. The van der Waals surface area contributed by atoms with Crippen molar-refractivity contribution in [3.8, 4) is 21.7 Å². The summed E-state index contributed by atoms with van der Waals surface area (Å²) in [6, 6.07) is 14.5. The molecule has 1 aliphatic rings. The largest absolute Gasteiger partial charge is 0.345 e. The Balaban J connectivity index is 1.64. The molecule has 4 rings (SSSR count). The van der Waals surface area contributed by atoms with Crippen molar-refractivity contribution < 1.29 is 9.18 Å². The summed E-state index contributed by atoms with van der Waals surface area (Å²) in [7, 11) is 1.58. The highest BCUT2D eigenvalue weighted by Gasteiger charge is 2.39. The molecule has 7 heteroatoms. The van der Waals surface area contributed by atoms with Crippen LogP contribution in [0.2, 0.25) is 0 Å². The second-order valence-corrected chi connectivity index (χ2v) is 8.06. The number of benzene rings is 2. The van der Waals surface area contributed by atoms with Crippen LogP contribution in [0, 0.1) is 11.2 Å². The Hall–Kier alpha value is -3.06. The minimum Gasteiger partial charge on any atom is -0.345 e. The first kappa shape index (κ1) is 18.3. The molecule has 3 aromatic rings. The monoisotopic (exact) mass is 394 g/mol. The van der Waals surface area contributed by atoms with Gasteiger partial charge in [0.2, 0.25) is 5.91 Å². The van der Waals surface area contributed by atoms with Gasteiger partial charge in [-0.3, -0.25) is 15.1 Å². The average Bonchev–Trinajstić information content (AvgIpc) is 3.18. The van der Waals surface area contributed by atoms with E-state index in [1.165, 1.54) is 22.3 Å². The van der Waals surface area contributed by atoms with Crippen molar-refractivity contribution in [2.75, 3.05) is 7.05 Å². The summed E-state index contributed by atoms with van der Waals surface area (Å²) in [5.74, 6) is -0.368. The summed E-state index contributed by atoms with van der Waals surface area (Å²) in [6.45, 7) is 1.88. The topological polar surface area (TPSA) is 69.1 Å². The first-order valence-electron chi connectivity index (χ1n) is 8.82. The van der Waals surface area contributed by atoms with Gasteiger partial charge in [-0.1, -0.05) is 42.5 Å². The fourth-order valence-electron chi connectivity index (χ4n) is 3.25. The van der Waals surface area contributed by atoms with Gasteiger partial charge in [-0.2, -0.15) is 0 Å². The van der Waals surface area contributed by atoms with Crippen LogP contribution in [0.5, 0.6) is 0 Å². The van der Waals surface area contributed by atoms with Crippen LogP contribution >= 0.6 is 11.3 Å². The number of guanidine groups is 1. The SMILES string of the molecule is CN1C(=N)N[C@](C)(c2cnc(-c3ccc(-c4ccccc4)c(F)c3)s2)CC1=O. The molecular weight excluding hydrogens is 375 g/mol. The number of halogens is 1.